The smallest absolute Gasteiger partial charge is 0.197 e. The Balaban J connectivity index is 2.55. The van der Waals surface area contributed by atoms with Crippen molar-refractivity contribution < 1.29 is 0 Å². The van der Waals surface area contributed by atoms with Crippen LogP contribution in [0.2, 0.25) is 0 Å². The fourth-order valence-electron chi connectivity index (χ4n) is 0.850. The topological polar surface area (TPSA) is 41.6 Å². The van der Waals surface area contributed by atoms with E-state index in [9.17, 15) is 0 Å². The van der Waals surface area contributed by atoms with Crippen LogP contribution >= 0.6 is 23.6 Å². The van der Waals surface area contributed by atoms with Crippen molar-refractivity contribution in [2.45, 2.75) is 0 Å². The molecule has 0 saturated heterocycles. The van der Waals surface area contributed by atoms with Crippen molar-refractivity contribution in [1.29, 1.82) is 0 Å². The average Bonchev–Trinajstić information content (AvgIpc) is 2.56. The first kappa shape index (κ1) is 7.57. The molecular formula is C7H5N3S2. The van der Waals surface area contributed by atoms with Crippen LogP contribution in [0.4, 0.5) is 0 Å². The van der Waals surface area contributed by atoms with E-state index < -0.39 is 0 Å². The van der Waals surface area contributed by atoms with Gasteiger partial charge in [-0.05, 0) is 18.3 Å². The van der Waals surface area contributed by atoms with Crippen LogP contribution < -0.4 is 0 Å². The first-order chi connectivity index (χ1) is 5.86. The van der Waals surface area contributed by atoms with Crippen molar-refractivity contribution in [1.82, 2.24) is 15.0 Å². The van der Waals surface area contributed by atoms with Crippen molar-refractivity contribution in [2.75, 3.05) is 0 Å². The number of hydrogen-bond acceptors (Lipinski definition) is 4. The third-order valence-corrected chi connectivity index (χ3v) is 2.35. The molecule has 0 spiro atoms. The van der Waals surface area contributed by atoms with E-state index in [1.807, 2.05) is 11.4 Å². The van der Waals surface area contributed by atoms with Gasteiger partial charge in [-0.15, -0.1) is 11.3 Å². The lowest BCUT2D eigenvalue weighted by molar-refractivity contribution is 1.13. The molecule has 0 radical (unpaired) electrons. The highest BCUT2D eigenvalue weighted by Gasteiger charge is 1.98. The lowest BCUT2D eigenvalue weighted by atomic mass is 10.4. The Hall–Kier alpha value is -1.07. The van der Waals surface area contributed by atoms with Crippen LogP contribution in [0.5, 0.6) is 0 Å². The van der Waals surface area contributed by atoms with Gasteiger partial charge in [0.25, 0.3) is 0 Å². The minimum atomic E-state index is 0.489. The largest absolute Gasteiger partial charge is 0.328 e. The van der Waals surface area contributed by atoms with Crippen LogP contribution in [0.1, 0.15) is 0 Å². The zero-order valence-corrected chi connectivity index (χ0v) is 7.65. The SMILES string of the molecule is S=c1nccc(-c2nccs2)[nH]1. The molecule has 0 fully saturated rings. The Morgan fingerprint density at radius 1 is 1.33 bits per heavy atom. The molecule has 3 nitrogen and oxygen atoms in total. The van der Waals surface area contributed by atoms with Crippen LogP contribution in [0, 0.1) is 4.77 Å². The van der Waals surface area contributed by atoms with E-state index >= 15 is 0 Å². The second-order valence-electron chi connectivity index (χ2n) is 2.13. The van der Waals surface area contributed by atoms with E-state index in [0.29, 0.717) is 4.77 Å². The van der Waals surface area contributed by atoms with Gasteiger partial charge < -0.3 is 4.98 Å². The predicted octanol–water partition coefficient (Wildman–Crippen LogP) is 2.26. The number of nitrogens with zero attached hydrogens (tertiary/aromatic N) is 2. The first-order valence-electron chi connectivity index (χ1n) is 3.31. The monoisotopic (exact) mass is 195 g/mol. The molecule has 0 saturated carbocycles. The molecule has 2 aromatic rings. The van der Waals surface area contributed by atoms with Gasteiger partial charge in [0.2, 0.25) is 0 Å². The van der Waals surface area contributed by atoms with Gasteiger partial charge in [-0.25, -0.2) is 9.97 Å². The quantitative estimate of drug-likeness (QED) is 0.710. The lowest BCUT2D eigenvalue weighted by Crippen LogP contribution is -1.84. The van der Waals surface area contributed by atoms with Crippen LogP contribution in [0.3, 0.4) is 0 Å². The van der Waals surface area contributed by atoms with Gasteiger partial charge in [0.1, 0.15) is 5.01 Å². The zero-order valence-electron chi connectivity index (χ0n) is 6.02. The highest BCUT2D eigenvalue weighted by molar-refractivity contribution is 7.71. The van der Waals surface area contributed by atoms with Crippen molar-refractivity contribution in [3.63, 3.8) is 0 Å². The molecule has 0 bridgehead atoms. The van der Waals surface area contributed by atoms with Gasteiger partial charge in [-0.1, -0.05) is 0 Å². The van der Waals surface area contributed by atoms with Crippen LogP contribution in [-0.4, -0.2) is 15.0 Å². The summed E-state index contributed by atoms with van der Waals surface area (Å²) in [4.78, 5) is 11.0. The molecule has 0 aliphatic carbocycles. The maximum atomic E-state index is 4.88. The van der Waals surface area contributed by atoms with Gasteiger partial charge in [-0.3, -0.25) is 0 Å². The maximum Gasteiger partial charge on any atom is 0.197 e. The number of nitrogens with one attached hydrogen (secondary N) is 1. The number of hydrogen-bond donors (Lipinski definition) is 1. The normalized spacial score (nSPS) is 10.0. The fraction of sp³-hybridized carbons (Fsp3) is 0. The van der Waals surface area contributed by atoms with Crippen molar-refractivity contribution in [3.8, 4) is 10.7 Å². The van der Waals surface area contributed by atoms with Crippen LogP contribution in [0.25, 0.3) is 10.7 Å². The second kappa shape index (κ2) is 3.12. The Bertz CT molecular complexity index is 418. The zero-order chi connectivity index (χ0) is 8.39. The summed E-state index contributed by atoms with van der Waals surface area (Å²) in [7, 11) is 0. The first-order valence-corrected chi connectivity index (χ1v) is 4.60. The molecule has 0 aliphatic heterocycles. The van der Waals surface area contributed by atoms with Gasteiger partial charge in [-0.2, -0.15) is 0 Å². The van der Waals surface area contributed by atoms with E-state index in [1.165, 1.54) is 0 Å². The maximum absolute atomic E-state index is 4.88. The van der Waals surface area contributed by atoms with E-state index in [0.717, 1.165) is 10.7 Å². The summed E-state index contributed by atoms with van der Waals surface area (Å²) in [5.74, 6) is 0. The molecule has 2 rings (SSSR count). The summed E-state index contributed by atoms with van der Waals surface area (Å²) in [6.45, 7) is 0. The van der Waals surface area contributed by atoms with E-state index in [2.05, 4.69) is 15.0 Å². The van der Waals surface area contributed by atoms with E-state index in [-0.39, 0.29) is 0 Å². The van der Waals surface area contributed by atoms with Crippen LogP contribution in [-0.2, 0) is 0 Å². The molecule has 1 N–H and O–H groups in total. The number of thiazole rings is 1. The van der Waals surface area contributed by atoms with Gasteiger partial charge in [0.15, 0.2) is 4.77 Å². The lowest BCUT2D eigenvalue weighted by Gasteiger charge is -1.93. The summed E-state index contributed by atoms with van der Waals surface area (Å²) >= 11 is 6.45. The van der Waals surface area contributed by atoms with Crippen molar-refractivity contribution in [3.05, 3.63) is 28.6 Å². The molecule has 2 aromatic heterocycles. The Morgan fingerprint density at radius 3 is 2.92 bits per heavy atom. The Kier molecular flexibility index (Phi) is 1.97. The number of rotatable bonds is 1. The minimum absolute atomic E-state index is 0.489. The minimum Gasteiger partial charge on any atom is -0.328 e. The molecule has 12 heavy (non-hydrogen) atoms. The number of aromatic amines is 1. The van der Waals surface area contributed by atoms with E-state index in [4.69, 9.17) is 12.2 Å². The number of aromatic nitrogens is 3. The summed E-state index contributed by atoms with van der Waals surface area (Å²) in [5.41, 5.74) is 0.921. The molecule has 2 heterocycles. The average molecular weight is 195 g/mol. The molecule has 0 unspecified atom stereocenters. The molecule has 0 atom stereocenters. The number of H-pyrrole nitrogens is 1. The molecule has 5 heteroatoms. The standard InChI is InChI=1S/C7H5N3S2/c11-7-9-2-1-5(10-7)6-8-3-4-12-6/h1-4H,(H,9,10,11). The highest BCUT2D eigenvalue weighted by atomic mass is 32.1. The fourth-order valence-corrected chi connectivity index (χ4v) is 1.64. The van der Waals surface area contributed by atoms with Crippen LogP contribution in [0.15, 0.2) is 23.8 Å². The summed E-state index contributed by atoms with van der Waals surface area (Å²) in [6, 6.07) is 1.86. The second-order valence-corrected chi connectivity index (χ2v) is 3.41. The molecule has 0 aliphatic rings. The van der Waals surface area contributed by atoms with Gasteiger partial charge >= 0.3 is 0 Å². The van der Waals surface area contributed by atoms with Gasteiger partial charge in [0, 0.05) is 17.8 Å². The van der Waals surface area contributed by atoms with Crippen molar-refractivity contribution in [2.24, 2.45) is 0 Å². The van der Waals surface area contributed by atoms with Crippen molar-refractivity contribution >= 4 is 23.6 Å². The van der Waals surface area contributed by atoms with E-state index in [1.54, 1.807) is 23.7 Å². The predicted molar refractivity (Wildman–Crippen MR) is 50.5 cm³/mol. The molecule has 60 valence electrons. The third kappa shape index (κ3) is 1.41. The summed E-state index contributed by atoms with van der Waals surface area (Å²) in [5, 5.41) is 2.86. The molecule has 0 aromatic carbocycles. The Morgan fingerprint density at radius 2 is 2.25 bits per heavy atom. The Labute approximate surface area is 78.1 Å². The molecular weight excluding hydrogens is 190 g/mol. The highest BCUT2D eigenvalue weighted by Crippen LogP contribution is 2.17. The summed E-state index contributed by atoms with van der Waals surface area (Å²) in [6.07, 6.45) is 3.44. The molecule has 0 amide bonds. The summed E-state index contributed by atoms with van der Waals surface area (Å²) < 4.78 is 0.489. The third-order valence-electron chi connectivity index (χ3n) is 1.34. The van der Waals surface area contributed by atoms with Gasteiger partial charge in [0.05, 0.1) is 5.69 Å².